The molecule has 0 unspecified atom stereocenters. The highest BCUT2D eigenvalue weighted by Crippen LogP contribution is 2.38. The summed E-state index contributed by atoms with van der Waals surface area (Å²) in [5.41, 5.74) is 4.50. The maximum Gasteiger partial charge on any atom is 0.0719 e. The lowest BCUT2D eigenvalue weighted by Gasteiger charge is -2.29. The molecule has 0 aliphatic heterocycles. The Bertz CT molecular complexity index is 618. The summed E-state index contributed by atoms with van der Waals surface area (Å²) in [6, 6.07) is 4.64. The second-order valence-electron chi connectivity index (χ2n) is 7.17. The van der Waals surface area contributed by atoms with Crippen LogP contribution in [0.3, 0.4) is 0 Å². The average Bonchev–Trinajstić information content (AvgIpc) is 2.80. The average molecular weight is 272 g/mol. The topological polar surface area (TPSA) is 17.8 Å². The lowest BCUT2D eigenvalue weighted by molar-refractivity contribution is 0.501. The van der Waals surface area contributed by atoms with Crippen molar-refractivity contribution in [2.75, 3.05) is 0 Å². The minimum Gasteiger partial charge on any atom is -0.268 e. The van der Waals surface area contributed by atoms with Gasteiger partial charge in [0.1, 0.15) is 0 Å². The third-order valence-corrected chi connectivity index (χ3v) is 5.13. The molecule has 0 atom stereocenters. The van der Waals surface area contributed by atoms with Crippen LogP contribution in [0.15, 0.2) is 18.3 Å². The number of rotatable bonds is 4. The molecule has 2 nitrogen and oxygen atoms in total. The van der Waals surface area contributed by atoms with E-state index >= 15 is 0 Å². The normalized spacial score (nSPS) is 13.2. The Kier molecular flexibility index (Phi) is 3.70. The molecule has 0 radical (unpaired) electrons. The molecule has 0 aliphatic rings. The number of aryl methyl sites for hydroxylation is 1. The Morgan fingerprint density at radius 1 is 0.950 bits per heavy atom. The molecule has 20 heavy (non-hydrogen) atoms. The van der Waals surface area contributed by atoms with E-state index in [0.29, 0.717) is 0 Å². The number of hydrogen-bond donors (Lipinski definition) is 0. The van der Waals surface area contributed by atoms with Crippen LogP contribution in [-0.4, -0.2) is 9.78 Å². The highest BCUT2D eigenvalue weighted by atomic mass is 15.2. The van der Waals surface area contributed by atoms with Crippen molar-refractivity contribution >= 4 is 10.9 Å². The van der Waals surface area contributed by atoms with Crippen molar-refractivity contribution in [3.05, 3.63) is 29.5 Å². The molecule has 0 aliphatic carbocycles. The molecule has 1 heterocycles. The van der Waals surface area contributed by atoms with Crippen molar-refractivity contribution in [1.82, 2.24) is 9.78 Å². The standard InChI is InChI=1S/C18H28N2/c1-8-17(3,4)14-10-11-15(18(5,6)9-2)16-13(14)12-19-20(16)7/h10-12H,8-9H2,1-7H3. The van der Waals surface area contributed by atoms with Gasteiger partial charge in [-0.2, -0.15) is 5.10 Å². The van der Waals surface area contributed by atoms with Gasteiger partial charge in [0.25, 0.3) is 0 Å². The molecule has 2 aromatic rings. The highest BCUT2D eigenvalue weighted by Gasteiger charge is 2.27. The van der Waals surface area contributed by atoms with Crippen LogP contribution >= 0.6 is 0 Å². The number of fused-ring (bicyclic) bond motifs is 1. The van der Waals surface area contributed by atoms with Gasteiger partial charge >= 0.3 is 0 Å². The number of benzene rings is 1. The summed E-state index contributed by atoms with van der Waals surface area (Å²) in [6.07, 6.45) is 4.30. The Labute approximate surface area is 123 Å². The molecule has 1 aromatic heterocycles. The Balaban J connectivity index is 2.79. The fourth-order valence-corrected chi connectivity index (χ4v) is 2.81. The van der Waals surface area contributed by atoms with Crippen molar-refractivity contribution in [1.29, 1.82) is 0 Å². The molecule has 2 heteroatoms. The van der Waals surface area contributed by atoms with Crippen LogP contribution < -0.4 is 0 Å². The van der Waals surface area contributed by atoms with Crippen LogP contribution in [0.25, 0.3) is 10.9 Å². The predicted molar refractivity (Wildman–Crippen MR) is 87.3 cm³/mol. The minimum absolute atomic E-state index is 0.181. The zero-order valence-electron chi connectivity index (χ0n) is 14.0. The van der Waals surface area contributed by atoms with Gasteiger partial charge in [0, 0.05) is 12.4 Å². The first-order valence-corrected chi connectivity index (χ1v) is 7.70. The second kappa shape index (κ2) is 4.91. The zero-order chi connectivity index (χ0) is 15.1. The smallest absolute Gasteiger partial charge is 0.0719 e. The van der Waals surface area contributed by atoms with Crippen molar-refractivity contribution in [2.45, 2.75) is 65.2 Å². The first-order valence-electron chi connectivity index (χ1n) is 7.70. The van der Waals surface area contributed by atoms with E-state index in [9.17, 15) is 0 Å². The van der Waals surface area contributed by atoms with Gasteiger partial charge in [0.2, 0.25) is 0 Å². The van der Waals surface area contributed by atoms with Gasteiger partial charge in [0.15, 0.2) is 0 Å². The fraction of sp³-hybridized carbons (Fsp3) is 0.611. The molecule has 0 saturated heterocycles. The molecule has 0 amide bonds. The first kappa shape index (κ1) is 15.1. The monoisotopic (exact) mass is 272 g/mol. The molecule has 0 spiro atoms. The van der Waals surface area contributed by atoms with E-state index in [2.05, 4.69) is 65.8 Å². The SMILES string of the molecule is CCC(C)(C)c1ccc(C(C)(C)CC)c2c1cnn2C. The van der Waals surface area contributed by atoms with Crippen LogP contribution in [0, 0.1) is 0 Å². The van der Waals surface area contributed by atoms with Crippen LogP contribution in [0.1, 0.15) is 65.5 Å². The number of aromatic nitrogens is 2. The van der Waals surface area contributed by atoms with E-state index in [1.165, 1.54) is 22.0 Å². The van der Waals surface area contributed by atoms with Crippen LogP contribution in [0.5, 0.6) is 0 Å². The van der Waals surface area contributed by atoms with Crippen molar-refractivity contribution in [3.8, 4) is 0 Å². The lowest BCUT2D eigenvalue weighted by atomic mass is 9.76. The summed E-state index contributed by atoms with van der Waals surface area (Å²) in [5, 5.41) is 5.85. The molecule has 0 fully saturated rings. The van der Waals surface area contributed by atoms with Crippen LogP contribution in [0.2, 0.25) is 0 Å². The number of hydrogen-bond acceptors (Lipinski definition) is 1. The summed E-state index contributed by atoms with van der Waals surface area (Å²) in [7, 11) is 2.06. The molecule has 2 rings (SSSR count). The van der Waals surface area contributed by atoms with Gasteiger partial charge in [-0.05, 0) is 34.8 Å². The third kappa shape index (κ3) is 2.25. The summed E-state index contributed by atoms with van der Waals surface area (Å²) in [5.74, 6) is 0. The van der Waals surface area contributed by atoms with E-state index in [4.69, 9.17) is 0 Å². The van der Waals surface area contributed by atoms with Gasteiger partial charge < -0.3 is 0 Å². The predicted octanol–water partition coefficient (Wildman–Crippen LogP) is 4.95. The Morgan fingerprint density at radius 3 is 2.00 bits per heavy atom. The largest absolute Gasteiger partial charge is 0.268 e. The maximum absolute atomic E-state index is 4.53. The van der Waals surface area contributed by atoms with Crippen LogP contribution in [0.4, 0.5) is 0 Å². The van der Waals surface area contributed by atoms with E-state index in [-0.39, 0.29) is 10.8 Å². The molecule has 0 saturated carbocycles. The van der Waals surface area contributed by atoms with Crippen molar-refractivity contribution in [3.63, 3.8) is 0 Å². The Hall–Kier alpha value is -1.31. The quantitative estimate of drug-likeness (QED) is 0.770. The molecule has 0 N–H and O–H groups in total. The molecular formula is C18H28N2. The lowest BCUT2D eigenvalue weighted by Crippen LogP contribution is -2.20. The van der Waals surface area contributed by atoms with E-state index in [0.717, 1.165) is 12.8 Å². The van der Waals surface area contributed by atoms with E-state index in [1.54, 1.807) is 0 Å². The summed E-state index contributed by atoms with van der Waals surface area (Å²) >= 11 is 0. The Morgan fingerprint density at radius 2 is 1.45 bits per heavy atom. The van der Waals surface area contributed by atoms with Gasteiger partial charge in [-0.25, -0.2) is 0 Å². The third-order valence-electron chi connectivity index (χ3n) is 5.13. The van der Waals surface area contributed by atoms with Gasteiger partial charge in [0.05, 0.1) is 11.7 Å². The second-order valence-corrected chi connectivity index (χ2v) is 7.17. The summed E-state index contributed by atoms with van der Waals surface area (Å²) in [6.45, 7) is 13.8. The maximum atomic E-state index is 4.53. The highest BCUT2D eigenvalue weighted by molar-refractivity contribution is 5.87. The van der Waals surface area contributed by atoms with E-state index in [1.807, 2.05) is 10.9 Å². The summed E-state index contributed by atoms with van der Waals surface area (Å²) < 4.78 is 2.04. The summed E-state index contributed by atoms with van der Waals surface area (Å²) in [4.78, 5) is 0. The van der Waals surface area contributed by atoms with Crippen molar-refractivity contribution < 1.29 is 0 Å². The molecule has 110 valence electrons. The van der Waals surface area contributed by atoms with Gasteiger partial charge in [-0.15, -0.1) is 0 Å². The molecular weight excluding hydrogens is 244 g/mol. The van der Waals surface area contributed by atoms with Gasteiger partial charge in [-0.1, -0.05) is 53.7 Å². The van der Waals surface area contributed by atoms with E-state index < -0.39 is 0 Å². The van der Waals surface area contributed by atoms with Crippen molar-refractivity contribution in [2.24, 2.45) is 7.05 Å². The zero-order valence-corrected chi connectivity index (χ0v) is 14.0. The molecule has 1 aromatic carbocycles. The first-order chi connectivity index (χ1) is 9.24. The van der Waals surface area contributed by atoms with Crippen LogP contribution in [-0.2, 0) is 17.9 Å². The fourth-order valence-electron chi connectivity index (χ4n) is 2.81. The molecule has 0 bridgehead atoms. The van der Waals surface area contributed by atoms with Gasteiger partial charge in [-0.3, -0.25) is 4.68 Å². The number of nitrogens with zero attached hydrogens (tertiary/aromatic N) is 2. The minimum atomic E-state index is 0.181.